The van der Waals surface area contributed by atoms with Gasteiger partial charge in [-0.1, -0.05) is 0 Å². The van der Waals surface area contributed by atoms with Crippen LogP contribution in [-0.4, -0.2) is 19.9 Å². The maximum atomic E-state index is 11.8. The second-order valence-electron chi connectivity index (χ2n) is 3.09. The van der Waals surface area contributed by atoms with Crippen molar-refractivity contribution in [2.24, 2.45) is 7.05 Å². The van der Waals surface area contributed by atoms with Crippen molar-refractivity contribution in [3.8, 4) is 0 Å². The molecule has 0 aliphatic rings. The average molecular weight is 286 g/mol. The maximum Gasteiger partial charge on any atom is 0.189 e. The largest absolute Gasteiger partial charge is 0.292 e. The van der Waals surface area contributed by atoms with E-state index < -0.39 is 0 Å². The molecule has 0 spiro atoms. The molecule has 4 nitrogen and oxygen atoms in total. The first-order valence-electron chi connectivity index (χ1n) is 4.28. The number of halogens is 1. The van der Waals surface area contributed by atoms with Crippen LogP contribution in [0.25, 0.3) is 0 Å². The van der Waals surface area contributed by atoms with Crippen LogP contribution in [0.2, 0.25) is 0 Å². The molecule has 0 bridgehead atoms. The highest BCUT2D eigenvalue weighted by Crippen LogP contribution is 2.19. The summed E-state index contributed by atoms with van der Waals surface area (Å²) in [6.45, 7) is 0. The monoisotopic (exact) mass is 285 g/mol. The minimum Gasteiger partial charge on any atom is -0.292 e. The number of carbonyl (C=O) groups is 1. The highest BCUT2D eigenvalue weighted by molar-refractivity contribution is 9.10. The van der Waals surface area contributed by atoms with Crippen LogP contribution in [0.1, 0.15) is 16.2 Å². The van der Waals surface area contributed by atoms with Crippen LogP contribution in [0.3, 0.4) is 0 Å². The zero-order chi connectivity index (χ0) is 10.8. The number of Topliss-reactive ketones (excluding diaryl/α,β-unsaturated/α-hetero) is 1. The molecular weight excluding hydrogens is 278 g/mol. The fraction of sp³-hybridized carbons (Fsp3) is 0.222. The van der Waals surface area contributed by atoms with E-state index in [2.05, 4.69) is 25.4 Å². The Labute approximate surface area is 99.2 Å². The molecule has 0 aromatic carbocycles. The van der Waals surface area contributed by atoms with E-state index >= 15 is 0 Å². The standard InChI is InChI=1S/C9H8BrN3OS/c1-13-3-2-6(11-13)4-8(14)9-7(10)5-15-12-9/h2-3,5H,4H2,1H3. The highest BCUT2D eigenvalue weighted by atomic mass is 79.9. The second kappa shape index (κ2) is 4.24. The summed E-state index contributed by atoms with van der Waals surface area (Å²) in [5.41, 5.74) is 1.26. The molecule has 0 fully saturated rings. The predicted octanol–water partition coefficient (Wildman–Crippen LogP) is 2.06. The number of ketones is 1. The van der Waals surface area contributed by atoms with Gasteiger partial charge in [-0.15, -0.1) is 0 Å². The van der Waals surface area contributed by atoms with Gasteiger partial charge in [-0.2, -0.15) is 9.47 Å². The molecule has 78 valence electrons. The molecule has 2 heterocycles. The number of aryl methyl sites for hydroxylation is 1. The van der Waals surface area contributed by atoms with Crippen molar-refractivity contribution in [1.29, 1.82) is 0 Å². The van der Waals surface area contributed by atoms with Gasteiger partial charge in [0.05, 0.1) is 16.6 Å². The molecule has 2 rings (SSSR count). The van der Waals surface area contributed by atoms with Gasteiger partial charge in [0, 0.05) is 18.6 Å². The molecule has 0 atom stereocenters. The SMILES string of the molecule is Cn1ccc(CC(=O)c2nscc2Br)n1. The predicted molar refractivity (Wildman–Crippen MR) is 61.1 cm³/mol. The zero-order valence-corrected chi connectivity index (χ0v) is 10.4. The van der Waals surface area contributed by atoms with Crippen molar-refractivity contribution in [2.75, 3.05) is 0 Å². The van der Waals surface area contributed by atoms with Crippen LogP contribution in [-0.2, 0) is 13.5 Å². The third kappa shape index (κ3) is 2.32. The lowest BCUT2D eigenvalue weighted by Crippen LogP contribution is -2.05. The summed E-state index contributed by atoms with van der Waals surface area (Å²) in [4.78, 5) is 11.8. The van der Waals surface area contributed by atoms with Crippen LogP contribution >= 0.6 is 27.5 Å². The van der Waals surface area contributed by atoms with Gasteiger partial charge in [0.2, 0.25) is 0 Å². The van der Waals surface area contributed by atoms with Crippen molar-refractivity contribution < 1.29 is 4.79 Å². The molecule has 0 saturated heterocycles. The molecular formula is C9H8BrN3OS. The Balaban J connectivity index is 2.14. The summed E-state index contributed by atoms with van der Waals surface area (Å²) >= 11 is 4.55. The molecule has 0 aliphatic carbocycles. The number of hydrogen-bond acceptors (Lipinski definition) is 4. The minimum absolute atomic E-state index is 0.0122. The summed E-state index contributed by atoms with van der Waals surface area (Å²) in [6, 6.07) is 1.83. The van der Waals surface area contributed by atoms with Crippen molar-refractivity contribution in [3.05, 3.63) is 33.5 Å². The topological polar surface area (TPSA) is 47.8 Å². The van der Waals surface area contributed by atoms with Gasteiger partial charge in [-0.3, -0.25) is 9.48 Å². The lowest BCUT2D eigenvalue weighted by Gasteiger charge is -1.94. The Morgan fingerprint density at radius 2 is 2.47 bits per heavy atom. The Morgan fingerprint density at radius 1 is 1.67 bits per heavy atom. The van der Waals surface area contributed by atoms with E-state index in [4.69, 9.17) is 0 Å². The van der Waals surface area contributed by atoms with Crippen LogP contribution in [0.4, 0.5) is 0 Å². The zero-order valence-electron chi connectivity index (χ0n) is 7.98. The van der Waals surface area contributed by atoms with Crippen molar-refractivity contribution in [2.45, 2.75) is 6.42 Å². The molecule has 15 heavy (non-hydrogen) atoms. The van der Waals surface area contributed by atoms with Crippen molar-refractivity contribution in [1.82, 2.24) is 14.2 Å². The van der Waals surface area contributed by atoms with Gasteiger partial charge < -0.3 is 0 Å². The number of carbonyl (C=O) groups excluding carboxylic acids is 1. The van der Waals surface area contributed by atoms with E-state index in [1.807, 2.05) is 19.3 Å². The minimum atomic E-state index is -0.0122. The van der Waals surface area contributed by atoms with Gasteiger partial charge in [0.15, 0.2) is 5.78 Å². The number of aromatic nitrogens is 3. The van der Waals surface area contributed by atoms with E-state index in [1.165, 1.54) is 11.5 Å². The highest BCUT2D eigenvalue weighted by Gasteiger charge is 2.14. The van der Waals surface area contributed by atoms with Crippen LogP contribution in [0, 0.1) is 0 Å². The van der Waals surface area contributed by atoms with Gasteiger partial charge in [-0.25, -0.2) is 0 Å². The Hall–Kier alpha value is -1.01. The first-order valence-corrected chi connectivity index (χ1v) is 5.91. The first kappa shape index (κ1) is 10.5. The third-order valence-electron chi connectivity index (χ3n) is 1.90. The van der Waals surface area contributed by atoms with Gasteiger partial charge in [0.25, 0.3) is 0 Å². The fourth-order valence-corrected chi connectivity index (χ4v) is 2.45. The summed E-state index contributed by atoms with van der Waals surface area (Å²) in [5.74, 6) is -0.0122. The second-order valence-corrected chi connectivity index (χ2v) is 4.58. The first-order chi connectivity index (χ1) is 7.16. The molecule has 0 unspecified atom stereocenters. The van der Waals surface area contributed by atoms with E-state index in [0.29, 0.717) is 12.1 Å². The summed E-state index contributed by atoms with van der Waals surface area (Å²) in [5, 5.41) is 5.94. The van der Waals surface area contributed by atoms with Crippen LogP contribution < -0.4 is 0 Å². The Bertz CT molecular complexity index is 491. The number of hydrogen-bond donors (Lipinski definition) is 0. The van der Waals surface area contributed by atoms with Gasteiger partial charge in [0.1, 0.15) is 5.69 Å². The average Bonchev–Trinajstić information content (AvgIpc) is 2.75. The van der Waals surface area contributed by atoms with Crippen LogP contribution in [0.15, 0.2) is 22.1 Å². The molecule has 0 amide bonds. The lowest BCUT2D eigenvalue weighted by atomic mass is 10.2. The molecule has 2 aromatic rings. The summed E-state index contributed by atoms with van der Waals surface area (Å²) in [6.07, 6.45) is 2.11. The number of rotatable bonds is 3. The molecule has 0 aliphatic heterocycles. The number of nitrogens with zero attached hydrogens (tertiary/aromatic N) is 3. The molecule has 6 heteroatoms. The van der Waals surface area contributed by atoms with E-state index in [1.54, 1.807) is 10.1 Å². The summed E-state index contributed by atoms with van der Waals surface area (Å²) in [7, 11) is 1.83. The van der Waals surface area contributed by atoms with Crippen LogP contribution in [0.5, 0.6) is 0 Å². The molecule has 0 saturated carbocycles. The fourth-order valence-electron chi connectivity index (χ4n) is 1.21. The van der Waals surface area contributed by atoms with E-state index in [0.717, 1.165) is 10.2 Å². The maximum absolute atomic E-state index is 11.8. The normalized spacial score (nSPS) is 10.5. The Kier molecular flexibility index (Phi) is 2.97. The third-order valence-corrected chi connectivity index (χ3v) is 3.44. The quantitative estimate of drug-likeness (QED) is 0.811. The molecule has 0 N–H and O–H groups in total. The van der Waals surface area contributed by atoms with E-state index in [9.17, 15) is 4.79 Å². The Morgan fingerprint density at radius 3 is 3.00 bits per heavy atom. The van der Waals surface area contributed by atoms with Gasteiger partial charge >= 0.3 is 0 Å². The molecule has 0 radical (unpaired) electrons. The smallest absolute Gasteiger partial charge is 0.189 e. The molecule has 2 aromatic heterocycles. The van der Waals surface area contributed by atoms with E-state index in [-0.39, 0.29) is 5.78 Å². The lowest BCUT2D eigenvalue weighted by molar-refractivity contribution is 0.0987. The summed E-state index contributed by atoms with van der Waals surface area (Å²) < 4.78 is 6.47. The van der Waals surface area contributed by atoms with Gasteiger partial charge in [-0.05, 0) is 33.5 Å². The van der Waals surface area contributed by atoms with Crippen molar-refractivity contribution >= 4 is 33.2 Å². The van der Waals surface area contributed by atoms with Crippen molar-refractivity contribution in [3.63, 3.8) is 0 Å².